The number of hydrogen-bond donors (Lipinski definition) is 1. The molecule has 0 bridgehead atoms. The third kappa shape index (κ3) is 4.92. The minimum Gasteiger partial charge on any atom is -0.508 e. The Bertz CT molecular complexity index is 1220. The molecule has 0 unspecified atom stereocenters. The molecule has 0 radical (unpaired) electrons. The molecule has 2 heterocycles. The molecule has 0 aromatic heterocycles. The number of benzene rings is 3. The second-order valence-corrected chi connectivity index (χ2v) is 9.84. The number of likely N-dealkylation sites (tertiary alicyclic amines) is 1. The molecule has 0 aliphatic carbocycles. The Kier molecular flexibility index (Phi) is 6.52. The second-order valence-electron chi connectivity index (χ2n) is 9.84. The number of allylic oxidation sites excluding steroid dienone is 1. The Labute approximate surface area is 206 Å². The van der Waals surface area contributed by atoms with Gasteiger partial charge in [-0.3, -0.25) is 4.90 Å². The third-order valence-corrected chi connectivity index (χ3v) is 7.19. The fourth-order valence-electron chi connectivity index (χ4n) is 5.10. The van der Waals surface area contributed by atoms with Crippen molar-refractivity contribution in [3.05, 3.63) is 89.2 Å². The molecule has 0 amide bonds. The monoisotopic (exact) mass is 473 g/mol. The minimum absolute atomic E-state index is 0.183. The standard InChI is InChI=1S/C30H32FNO3/c1-19-14-15-32(17-19)20(2)18-34-26-11-6-23(7-12-26)30-29(22-4-8-24(31)9-5-22)21(3)27-16-25(33)10-13-28(27)35-30/h4-13,16,19-20,30,33H,14-15,17-18H2,1-3H3/t19-,20+,30-/m1/s1. The van der Waals surface area contributed by atoms with Crippen LogP contribution in [0.5, 0.6) is 17.2 Å². The number of nitrogens with zero attached hydrogens (tertiary/aromatic N) is 1. The first-order chi connectivity index (χ1) is 16.9. The summed E-state index contributed by atoms with van der Waals surface area (Å²) < 4.78 is 26.2. The summed E-state index contributed by atoms with van der Waals surface area (Å²) in [6.45, 7) is 9.48. The van der Waals surface area contributed by atoms with Crippen LogP contribution in [-0.2, 0) is 0 Å². The number of fused-ring (bicyclic) bond motifs is 1. The fraction of sp³-hybridized carbons (Fsp3) is 0.333. The predicted molar refractivity (Wildman–Crippen MR) is 137 cm³/mol. The van der Waals surface area contributed by atoms with Gasteiger partial charge in [0.2, 0.25) is 0 Å². The van der Waals surface area contributed by atoms with Gasteiger partial charge in [-0.05, 0) is 91.9 Å². The van der Waals surface area contributed by atoms with Crippen molar-refractivity contribution >= 4 is 11.1 Å². The molecular formula is C30H32FNO3. The lowest BCUT2D eigenvalue weighted by Crippen LogP contribution is -2.35. The summed E-state index contributed by atoms with van der Waals surface area (Å²) in [6, 6.07) is 20.0. The van der Waals surface area contributed by atoms with Gasteiger partial charge in [0, 0.05) is 23.7 Å². The van der Waals surface area contributed by atoms with Crippen LogP contribution in [0.1, 0.15) is 50.0 Å². The zero-order valence-corrected chi connectivity index (χ0v) is 20.5. The van der Waals surface area contributed by atoms with Gasteiger partial charge in [0.1, 0.15) is 35.8 Å². The number of halogens is 1. The highest BCUT2D eigenvalue weighted by atomic mass is 19.1. The maximum Gasteiger partial charge on any atom is 0.150 e. The highest BCUT2D eigenvalue weighted by molar-refractivity contribution is 5.95. The van der Waals surface area contributed by atoms with E-state index in [2.05, 4.69) is 18.7 Å². The molecule has 3 atom stereocenters. The number of ether oxygens (including phenoxy) is 2. The fourth-order valence-corrected chi connectivity index (χ4v) is 5.10. The quantitative estimate of drug-likeness (QED) is 0.432. The maximum absolute atomic E-state index is 13.7. The van der Waals surface area contributed by atoms with E-state index in [1.165, 1.54) is 18.6 Å². The lowest BCUT2D eigenvalue weighted by molar-refractivity contribution is 0.169. The Morgan fingerprint density at radius 1 is 1.09 bits per heavy atom. The van der Waals surface area contributed by atoms with E-state index in [0.29, 0.717) is 18.4 Å². The average molecular weight is 474 g/mol. The summed E-state index contributed by atoms with van der Waals surface area (Å²) in [7, 11) is 0. The van der Waals surface area contributed by atoms with Crippen molar-refractivity contribution in [1.82, 2.24) is 4.90 Å². The third-order valence-electron chi connectivity index (χ3n) is 7.19. The maximum atomic E-state index is 13.7. The van der Waals surface area contributed by atoms with Crippen LogP contribution < -0.4 is 9.47 Å². The second kappa shape index (κ2) is 9.74. The van der Waals surface area contributed by atoms with Gasteiger partial charge >= 0.3 is 0 Å². The van der Waals surface area contributed by atoms with E-state index in [-0.39, 0.29) is 17.7 Å². The highest BCUT2D eigenvalue weighted by Gasteiger charge is 2.30. The summed E-state index contributed by atoms with van der Waals surface area (Å²) in [5, 5.41) is 10.0. The molecule has 0 saturated carbocycles. The molecule has 3 aromatic carbocycles. The number of hydrogen-bond acceptors (Lipinski definition) is 4. The van der Waals surface area contributed by atoms with Crippen molar-refractivity contribution in [2.75, 3.05) is 19.7 Å². The van der Waals surface area contributed by atoms with E-state index in [1.807, 2.05) is 31.2 Å². The van der Waals surface area contributed by atoms with Gasteiger partial charge in [0.05, 0.1) is 0 Å². The molecular weight excluding hydrogens is 441 g/mol. The Hall–Kier alpha value is -3.31. The van der Waals surface area contributed by atoms with Gasteiger partial charge in [-0.1, -0.05) is 31.2 Å². The number of rotatable bonds is 6. The molecule has 1 saturated heterocycles. The van der Waals surface area contributed by atoms with Crippen LogP contribution in [0, 0.1) is 11.7 Å². The summed E-state index contributed by atoms with van der Waals surface area (Å²) >= 11 is 0. The van der Waals surface area contributed by atoms with Gasteiger partial charge in [-0.25, -0.2) is 4.39 Å². The molecule has 5 rings (SSSR count). The Balaban J connectivity index is 1.40. The van der Waals surface area contributed by atoms with Gasteiger partial charge in [-0.2, -0.15) is 0 Å². The molecule has 0 spiro atoms. The van der Waals surface area contributed by atoms with E-state index in [4.69, 9.17) is 9.47 Å². The molecule has 1 N–H and O–H groups in total. The minimum atomic E-state index is -0.364. The van der Waals surface area contributed by atoms with Crippen LogP contribution in [0.2, 0.25) is 0 Å². The smallest absolute Gasteiger partial charge is 0.150 e. The molecule has 1 fully saturated rings. The zero-order valence-electron chi connectivity index (χ0n) is 20.5. The van der Waals surface area contributed by atoms with E-state index in [1.54, 1.807) is 30.3 Å². The lowest BCUT2D eigenvalue weighted by Gasteiger charge is -2.31. The first-order valence-corrected chi connectivity index (χ1v) is 12.3. The largest absolute Gasteiger partial charge is 0.508 e. The van der Waals surface area contributed by atoms with Crippen molar-refractivity contribution < 1.29 is 19.0 Å². The normalized spacial score (nSPS) is 20.9. The first-order valence-electron chi connectivity index (χ1n) is 12.3. The van der Waals surface area contributed by atoms with E-state index in [0.717, 1.165) is 52.6 Å². The number of aromatic hydroxyl groups is 1. The SMILES string of the molecule is CC1=C(c2ccc(F)cc2)[C@@H](c2ccc(OC[C@H](C)N3CC[C@@H](C)C3)cc2)Oc2ccc(O)cc21. The Morgan fingerprint density at radius 2 is 1.83 bits per heavy atom. The van der Waals surface area contributed by atoms with Crippen molar-refractivity contribution in [1.29, 1.82) is 0 Å². The van der Waals surface area contributed by atoms with Crippen LogP contribution in [0.25, 0.3) is 11.1 Å². The molecule has 4 nitrogen and oxygen atoms in total. The summed E-state index contributed by atoms with van der Waals surface area (Å²) in [5.74, 6) is 2.21. The van der Waals surface area contributed by atoms with Gasteiger partial charge in [-0.15, -0.1) is 0 Å². The molecule has 35 heavy (non-hydrogen) atoms. The highest BCUT2D eigenvalue weighted by Crippen LogP contribution is 2.47. The number of phenols is 1. The summed E-state index contributed by atoms with van der Waals surface area (Å²) in [5.41, 5.74) is 4.65. The van der Waals surface area contributed by atoms with Gasteiger partial charge in [0.25, 0.3) is 0 Å². The summed E-state index contributed by atoms with van der Waals surface area (Å²) in [6.07, 6.45) is 0.892. The molecule has 2 aliphatic rings. The van der Waals surface area contributed by atoms with E-state index >= 15 is 0 Å². The van der Waals surface area contributed by atoms with Crippen LogP contribution in [0.3, 0.4) is 0 Å². The van der Waals surface area contributed by atoms with Crippen LogP contribution in [0.15, 0.2) is 66.7 Å². The topological polar surface area (TPSA) is 41.9 Å². The van der Waals surface area contributed by atoms with Crippen LogP contribution in [-0.4, -0.2) is 35.7 Å². The van der Waals surface area contributed by atoms with E-state index < -0.39 is 0 Å². The van der Waals surface area contributed by atoms with Gasteiger partial charge in [0.15, 0.2) is 0 Å². The van der Waals surface area contributed by atoms with Crippen molar-refractivity contribution in [2.45, 2.75) is 39.3 Å². The molecule has 182 valence electrons. The number of phenolic OH excluding ortho intramolecular Hbond substituents is 1. The molecule has 2 aliphatic heterocycles. The average Bonchev–Trinajstić information content (AvgIpc) is 3.30. The molecule has 5 heteroatoms. The van der Waals surface area contributed by atoms with Gasteiger partial charge < -0.3 is 14.6 Å². The zero-order chi connectivity index (χ0) is 24.5. The van der Waals surface area contributed by atoms with Crippen molar-refractivity contribution in [3.63, 3.8) is 0 Å². The predicted octanol–water partition coefficient (Wildman–Crippen LogP) is 6.70. The summed E-state index contributed by atoms with van der Waals surface area (Å²) in [4.78, 5) is 2.49. The van der Waals surface area contributed by atoms with Crippen LogP contribution in [0.4, 0.5) is 4.39 Å². The van der Waals surface area contributed by atoms with Crippen molar-refractivity contribution in [3.8, 4) is 17.2 Å². The molecule has 3 aromatic rings. The van der Waals surface area contributed by atoms with E-state index in [9.17, 15) is 9.50 Å². The first kappa shape index (κ1) is 23.4. The lowest BCUT2D eigenvalue weighted by atomic mass is 9.86. The van der Waals surface area contributed by atoms with Crippen LogP contribution >= 0.6 is 0 Å². The van der Waals surface area contributed by atoms with Crippen molar-refractivity contribution in [2.24, 2.45) is 5.92 Å². The Morgan fingerprint density at radius 3 is 2.51 bits per heavy atom.